The minimum absolute atomic E-state index is 0.159. The number of thioether (sulfide) groups is 1. The van der Waals surface area contributed by atoms with E-state index in [-0.39, 0.29) is 6.61 Å². The third-order valence-electron chi connectivity index (χ3n) is 11.9. The van der Waals surface area contributed by atoms with E-state index in [1.165, 1.54) is 95.2 Å². The lowest BCUT2D eigenvalue weighted by Gasteiger charge is -2.64. The summed E-state index contributed by atoms with van der Waals surface area (Å²) in [6, 6.07) is 0. The summed E-state index contributed by atoms with van der Waals surface area (Å²) >= 11 is 1.54. The van der Waals surface area contributed by atoms with Gasteiger partial charge in [-0.05, 0) is 12.2 Å². The van der Waals surface area contributed by atoms with E-state index in [9.17, 15) is 61.3 Å². The van der Waals surface area contributed by atoms with Crippen molar-refractivity contribution in [3.63, 3.8) is 0 Å². The van der Waals surface area contributed by atoms with Gasteiger partial charge in [0.25, 0.3) is 0 Å². The minimum Gasteiger partial charge on any atom is -0.394 e. The molecular formula is C38H72O16S. The quantitative estimate of drug-likeness (QED) is 0.0478. The molecule has 0 amide bonds. The fraction of sp³-hybridized carbons (Fsp3) is 1.00. The van der Waals surface area contributed by atoms with Crippen LogP contribution < -0.4 is 0 Å². The highest BCUT2D eigenvalue weighted by atomic mass is 32.2. The molecular weight excluding hydrogens is 744 g/mol. The number of rotatable bonds is 26. The molecule has 0 saturated carbocycles. The third kappa shape index (κ3) is 10.9. The second-order valence-electron chi connectivity index (χ2n) is 15.7. The summed E-state index contributed by atoms with van der Waals surface area (Å²) in [5, 5.41) is 133. The SMILES string of the molecule is CCCCCCCCCCCCCCCCCCSCCO[C@H]1O[C@H](CO)[C@@H](O)[C@H](O)[C@]1(O)[C@@]1(O)[C@@H](CO)OC[C@@](O)([C@]2(O)[C@H](O)[C@@H](O)CO[C@@H]2CO)[C@H]1O. The summed E-state index contributed by atoms with van der Waals surface area (Å²) in [4.78, 5) is 0. The van der Waals surface area contributed by atoms with Gasteiger partial charge in [-0.3, -0.25) is 0 Å². The van der Waals surface area contributed by atoms with Crippen LogP contribution in [0.5, 0.6) is 0 Å². The van der Waals surface area contributed by atoms with Crippen molar-refractivity contribution >= 4 is 11.8 Å². The Hall–Kier alpha value is -0.290. The maximum atomic E-state index is 12.3. The molecule has 0 unspecified atom stereocenters. The molecule has 3 saturated heterocycles. The van der Waals surface area contributed by atoms with E-state index in [2.05, 4.69) is 6.92 Å². The first kappa shape index (κ1) is 49.1. The first-order valence-electron chi connectivity index (χ1n) is 20.5. The molecule has 3 rings (SSSR count). The zero-order valence-corrected chi connectivity index (χ0v) is 33.4. The molecule has 12 N–H and O–H groups in total. The lowest BCUT2D eigenvalue weighted by atomic mass is 9.58. The van der Waals surface area contributed by atoms with Gasteiger partial charge in [-0.1, -0.05) is 103 Å². The number of ether oxygens (including phenoxy) is 4. The molecule has 0 aliphatic carbocycles. The number of unbranched alkanes of at least 4 members (excludes halogenated alkanes) is 15. The van der Waals surface area contributed by atoms with E-state index < -0.39 is 111 Å². The van der Waals surface area contributed by atoms with Crippen LogP contribution in [0.4, 0.5) is 0 Å². The molecule has 55 heavy (non-hydrogen) atoms. The van der Waals surface area contributed by atoms with Crippen LogP contribution in [0.2, 0.25) is 0 Å². The lowest BCUT2D eigenvalue weighted by molar-refractivity contribution is -0.438. The second-order valence-corrected chi connectivity index (χ2v) is 16.9. The highest BCUT2D eigenvalue weighted by molar-refractivity contribution is 7.99. The molecule has 0 spiro atoms. The van der Waals surface area contributed by atoms with Gasteiger partial charge in [0, 0.05) is 5.75 Å². The van der Waals surface area contributed by atoms with Crippen LogP contribution in [0.25, 0.3) is 0 Å². The number of hydrogen-bond acceptors (Lipinski definition) is 17. The van der Waals surface area contributed by atoms with Crippen molar-refractivity contribution in [2.45, 2.75) is 187 Å². The van der Waals surface area contributed by atoms with Gasteiger partial charge in [0.1, 0.15) is 48.8 Å². The zero-order chi connectivity index (χ0) is 40.7. The molecule has 0 aromatic heterocycles. The molecule has 0 bridgehead atoms. The molecule has 17 heteroatoms. The topological polar surface area (TPSA) is 280 Å². The van der Waals surface area contributed by atoms with Crippen molar-refractivity contribution in [1.29, 1.82) is 0 Å². The summed E-state index contributed by atoms with van der Waals surface area (Å²) in [6.45, 7) is -2.76. The van der Waals surface area contributed by atoms with Gasteiger partial charge in [-0.2, -0.15) is 11.8 Å². The fourth-order valence-electron chi connectivity index (χ4n) is 8.38. The Balaban J connectivity index is 1.55. The van der Waals surface area contributed by atoms with Crippen LogP contribution in [0.3, 0.4) is 0 Å². The van der Waals surface area contributed by atoms with Crippen molar-refractivity contribution in [2.24, 2.45) is 0 Å². The van der Waals surface area contributed by atoms with Gasteiger partial charge in [-0.25, -0.2) is 0 Å². The highest BCUT2D eigenvalue weighted by Crippen LogP contribution is 2.51. The fourth-order valence-corrected chi connectivity index (χ4v) is 9.20. The van der Waals surface area contributed by atoms with Crippen LogP contribution >= 0.6 is 11.8 Å². The van der Waals surface area contributed by atoms with E-state index >= 15 is 0 Å². The predicted molar refractivity (Wildman–Crippen MR) is 202 cm³/mol. The van der Waals surface area contributed by atoms with E-state index in [1.807, 2.05) is 0 Å². The average molecular weight is 817 g/mol. The van der Waals surface area contributed by atoms with Crippen LogP contribution in [0, 0.1) is 0 Å². The Morgan fingerprint density at radius 2 is 1.11 bits per heavy atom. The minimum atomic E-state index is -3.47. The Bertz CT molecular complexity index is 1060. The third-order valence-corrected chi connectivity index (χ3v) is 13.0. The average Bonchev–Trinajstić information content (AvgIpc) is 3.18. The number of aliphatic hydroxyl groups is 12. The maximum Gasteiger partial charge on any atom is 0.192 e. The Kier molecular flexibility index (Phi) is 21.0. The van der Waals surface area contributed by atoms with E-state index in [4.69, 9.17) is 18.9 Å². The van der Waals surface area contributed by atoms with Crippen LogP contribution in [0.1, 0.15) is 110 Å². The first-order valence-corrected chi connectivity index (χ1v) is 21.6. The Labute approximate surface area is 329 Å². The predicted octanol–water partition coefficient (Wildman–Crippen LogP) is -0.774. The zero-order valence-electron chi connectivity index (χ0n) is 32.6. The van der Waals surface area contributed by atoms with Gasteiger partial charge in [0.05, 0.1) is 39.6 Å². The van der Waals surface area contributed by atoms with Crippen LogP contribution in [-0.2, 0) is 18.9 Å². The van der Waals surface area contributed by atoms with Gasteiger partial charge >= 0.3 is 0 Å². The Morgan fingerprint density at radius 3 is 1.62 bits per heavy atom. The van der Waals surface area contributed by atoms with Crippen molar-refractivity contribution in [3.8, 4) is 0 Å². The molecule has 3 aliphatic rings. The van der Waals surface area contributed by atoms with Crippen LogP contribution in [0.15, 0.2) is 0 Å². The smallest absolute Gasteiger partial charge is 0.192 e. The van der Waals surface area contributed by atoms with Gasteiger partial charge in [0.2, 0.25) is 0 Å². The molecule has 3 fully saturated rings. The standard InChI is InChI=1S/C38H72O16S/c1-2-3-4-5-6-7-8-9-10-11-12-13-14-15-16-17-19-55-20-18-51-34-38(50,32(45)30(43)27(21-39)54-34)37(49)29(23-41)53-25-35(47,33(37)46)36(48)28(22-40)52-24-26(42)31(36)44/h26-34,39-50H,2-25H2,1H3/t26-,27+,28+,29+,30+,31+,32-,33+,34-,35-,36+,37+,38+/m0/s1. The summed E-state index contributed by atoms with van der Waals surface area (Å²) in [5.41, 5.74) is -13.3. The molecule has 0 aromatic rings. The monoisotopic (exact) mass is 816 g/mol. The number of hydrogen-bond donors (Lipinski definition) is 12. The van der Waals surface area contributed by atoms with Crippen molar-refractivity contribution in [3.05, 3.63) is 0 Å². The molecule has 16 nitrogen and oxygen atoms in total. The summed E-state index contributed by atoms with van der Waals surface area (Å²) in [6.07, 6.45) is 0.926. The molecule has 326 valence electrons. The normalized spacial score (nSPS) is 39.8. The molecule has 13 atom stereocenters. The molecule has 0 radical (unpaired) electrons. The largest absolute Gasteiger partial charge is 0.394 e. The van der Waals surface area contributed by atoms with Crippen LogP contribution in [-0.4, -0.2) is 190 Å². The van der Waals surface area contributed by atoms with Crippen molar-refractivity contribution in [1.82, 2.24) is 0 Å². The van der Waals surface area contributed by atoms with Gasteiger partial charge in [0.15, 0.2) is 28.7 Å². The molecule has 3 aliphatic heterocycles. The lowest BCUT2D eigenvalue weighted by Crippen LogP contribution is -2.90. The highest BCUT2D eigenvalue weighted by Gasteiger charge is 2.79. The molecule has 0 aromatic carbocycles. The summed E-state index contributed by atoms with van der Waals surface area (Å²) in [5.74, 6) is 1.15. The van der Waals surface area contributed by atoms with E-state index in [0.717, 1.165) is 25.0 Å². The second kappa shape index (κ2) is 23.5. The van der Waals surface area contributed by atoms with E-state index in [1.54, 1.807) is 0 Å². The summed E-state index contributed by atoms with van der Waals surface area (Å²) < 4.78 is 22.1. The van der Waals surface area contributed by atoms with E-state index in [0.29, 0.717) is 5.75 Å². The number of aliphatic hydroxyl groups excluding tert-OH is 8. The van der Waals surface area contributed by atoms with Crippen molar-refractivity contribution in [2.75, 3.05) is 51.1 Å². The molecule has 3 heterocycles. The maximum absolute atomic E-state index is 12.3. The van der Waals surface area contributed by atoms with Gasteiger partial charge < -0.3 is 80.2 Å². The first-order chi connectivity index (χ1) is 26.3. The van der Waals surface area contributed by atoms with Crippen molar-refractivity contribution < 1.29 is 80.2 Å². The van der Waals surface area contributed by atoms with Gasteiger partial charge in [-0.15, -0.1) is 0 Å². The Morgan fingerprint density at radius 1 is 0.600 bits per heavy atom. The summed E-state index contributed by atoms with van der Waals surface area (Å²) in [7, 11) is 0.